The van der Waals surface area contributed by atoms with Crippen LogP contribution in [0, 0.1) is 0 Å². The summed E-state index contributed by atoms with van der Waals surface area (Å²) < 4.78 is 1.76. The number of aryl methyl sites for hydroxylation is 1. The van der Waals surface area contributed by atoms with Crippen molar-refractivity contribution < 1.29 is 0 Å². The number of nitrogens with zero attached hydrogens (tertiary/aromatic N) is 2. The van der Waals surface area contributed by atoms with Gasteiger partial charge in [0.25, 0.3) is 0 Å². The Balaban J connectivity index is 2.77. The third-order valence-corrected chi connectivity index (χ3v) is 3.01. The van der Waals surface area contributed by atoms with E-state index >= 15 is 0 Å². The summed E-state index contributed by atoms with van der Waals surface area (Å²) in [5, 5.41) is 4.74. The average molecular weight is 235 g/mol. The molecule has 4 nitrogen and oxygen atoms in total. The topological polar surface area (TPSA) is 55.9 Å². The third kappa shape index (κ3) is 2.63. The van der Waals surface area contributed by atoms with Gasteiger partial charge in [-0.1, -0.05) is 11.6 Å². The number of nitrogens with two attached hydrogens (primary N) is 1. The van der Waals surface area contributed by atoms with E-state index in [-0.39, 0.29) is 6.04 Å². The van der Waals surface area contributed by atoms with Crippen LogP contribution < -0.4 is 11.3 Å². The molecule has 1 aromatic heterocycles. The smallest absolute Gasteiger partial charge is 0.0834 e. The zero-order valence-electron chi connectivity index (χ0n) is 8.33. The summed E-state index contributed by atoms with van der Waals surface area (Å²) in [6.07, 6.45) is 4.65. The van der Waals surface area contributed by atoms with Crippen LogP contribution in [0.25, 0.3) is 0 Å². The van der Waals surface area contributed by atoms with Crippen LogP contribution in [0.1, 0.15) is 18.2 Å². The van der Waals surface area contributed by atoms with Crippen LogP contribution in [0.4, 0.5) is 0 Å². The SMILES string of the molecule is CSCCC(NN)c1c(Cl)cnn1C. The van der Waals surface area contributed by atoms with Gasteiger partial charge in [0.1, 0.15) is 0 Å². The van der Waals surface area contributed by atoms with Crippen LogP contribution in [-0.4, -0.2) is 21.8 Å². The van der Waals surface area contributed by atoms with Crippen molar-refractivity contribution in [2.24, 2.45) is 12.9 Å². The minimum atomic E-state index is 0.0717. The van der Waals surface area contributed by atoms with Crippen molar-refractivity contribution in [2.45, 2.75) is 12.5 Å². The van der Waals surface area contributed by atoms with Gasteiger partial charge in [-0.05, 0) is 18.4 Å². The van der Waals surface area contributed by atoms with Crippen LogP contribution in [0.15, 0.2) is 6.20 Å². The van der Waals surface area contributed by atoms with E-state index < -0.39 is 0 Å². The van der Waals surface area contributed by atoms with Gasteiger partial charge >= 0.3 is 0 Å². The number of hydrazine groups is 1. The normalized spacial score (nSPS) is 13.1. The molecule has 80 valence electrons. The predicted molar refractivity (Wildman–Crippen MR) is 61.3 cm³/mol. The Bertz CT molecular complexity index is 269. The van der Waals surface area contributed by atoms with Gasteiger partial charge in [-0.15, -0.1) is 0 Å². The van der Waals surface area contributed by atoms with Gasteiger partial charge in [0.05, 0.1) is 23.0 Å². The quantitative estimate of drug-likeness (QED) is 0.596. The van der Waals surface area contributed by atoms with E-state index in [1.807, 2.05) is 7.05 Å². The van der Waals surface area contributed by atoms with Gasteiger partial charge in [-0.3, -0.25) is 16.0 Å². The first-order valence-corrected chi connectivity index (χ1v) is 6.10. The minimum absolute atomic E-state index is 0.0717. The Morgan fingerprint density at radius 3 is 2.93 bits per heavy atom. The lowest BCUT2D eigenvalue weighted by atomic mass is 10.1. The first kappa shape index (κ1) is 11.8. The first-order valence-electron chi connectivity index (χ1n) is 4.33. The maximum Gasteiger partial charge on any atom is 0.0834 e. The summed E-state index contributed by atoms with van der Waals surface area (Å²) >= 11 is 7.80. The monoisotopic (exact) mass is 234 g/mol. The van der Waals surface area contributed by atoms with Crippen LogP contribution >= 0.6 is 23.4 Å². The van der Waals surface area contributed by atoms with E-state index in [1.165, 1.54) is 0 Å². The maximum atomic E-state index is 6.01. The molecule has 6 heteroatoms. The van der Waals surface area contributed by atoms with Gasteiger partial charge in [0, 0.05) is 7.05 Å². The summed E-state index contributed by atoms with van der Waals surface area (Å²) in [5.74, 6) is 6.52. The molecule has 14 heavy (non-hydrogen) atoms. The lowest BCUT2D eigenvalue weighted by Gasteiger charge is -2.16. The highest BCUT2D eigenvalue weighted by Crippen LogP contribution is 2.24. The number of hydrogen-bond acceptors (Lipinski definition) is 4. The van der Waals surface area contributed by atoms with Crippen molar-refractivity contribution in [1.29, 1.82) is 0 Å². The lowest BCUT2D eigenvalue weighted by molar-refractivity contribution is 0.501. The second-order valence-corrected chi connectivity index (χ2v) is 4.39. The highest BCUT2D eigenvalue weighted by molar-refractivity contribution is 7.98. The van der Waals surface area contributed by atoms with Crippen molar-refractivity contribution in [3.63, 3.8) is 0 Å². The average Bonchev–Trinajstić information content (AvgIpc) is 2.50. The number of hydrogen-bond donors (Lipinski definition) is 2. The second-order valence-electron chi connectivity index (χ2n) is 3.00. The zero-order chi connectivity index (χ0) is 10.6. The zero-order valence-corrected chi connectivity index (χ0v) is 9.90. The van der Waals surface area contributed by atoms with Crippen molar-refractivity contribution in [3.05, 3.63) is 16.9 Å². The fourth-order valence-electron chi connectivity index (χ4n) is 1.35. The molecule has 1 unspecified atom stereocenters. The van der Waals surface area contributed by atoms with Gasteiger partial charge in [-0.25, -0.2) is 0 Å². The van der Waals surface area contributed by atoms with Gasteiger partial charge in [0.15, 0.2) is 0 Å². The van der Waals surface area contributed by atoms with Crippen molar-refractivity contribution >= 4 is 23.4 Å². The molecular formula is C8H15ClN4S. The highest BCUT2D eigenvalue weighted by atomic mass is 35.5. The van der Waals surface area contributed by atoms with E-state index in [9.17, 15) is 0 Å². The standard InChI is InChI=1S/C8H15ClN4S/c1-13-8(6(9)5-11-13)7(12-10)3-4-14-2/h5,7,12H,3-4,10H2,1-2H3. The minimum Gasteiger partial charge on any atom is -0.271 e. The number of aromatic nitrogens is 2. The van der Waals surface area contributed by atoms with Gasteiger partial charge in [-0.2, -0.15) is 16.9 Å². The molecule has 0 saturated carbocycles. The molecule has 0 fully saturated rings. The molecule has 1 heterocycles. The molecule has 1 rings (SSSR count). The Hall–Kier alpha value is -0.230. The first-order chi connectivity index (χ1) is 6.70. The Kier molecular flexibility index (Phi) is 4.74. The number of nitrogens with one attached hydrogen (secondary N) is 1. The summed E-state index contributed by atoms with van der Waals surface area (Å²) in [4.78, 5) is 0. The maximum absolute atomic E-state index is 6.01. The molecular weight excluding hydrogens is 220 g/mol. The molecule has 0 aliphatic rings. The molecule has 0 amide bonds. The van der Waals surface area contributed by atoms with Crippen LogP contribution in [0.2, 0.25) is 5.02 Å². The molecule has 0 saturated heterocycles. The van der Waals surface area contributed by atoms with Gasteiger partial charge in [0.2, 0.25) is 0 Å². The van der Waals surface area contributed by atoms with Crippen molar-refractivity contribution in [3.8, 4) is 0 Å². The number of halogens is 1. The molecule has 0 bridgehead atoms. The Morgan fingerprint density at radius 1 is 1.79 bits per heavy atom. The summed E-state index contributed by atoms with van der Waals surface area (Å²) in [6, 6.07) is 0.0717. The molecule has 0 aromatic carbocycles. The van der Waals surface area contributed by atoms with Crippen molar-refractivity contribution in [1.82, 2.24) is 15.2 Å². The van der Waals surface area contributed by atoms with E-state index in [1.54, 1.807) is 22.6 Å². The number of rotatable bonds is 5. The molecule has 1 aromatic rings. The van der Waals surface area contributed by atoms with Crippen LogP contribution in [-0.2, 0) is 7.05 Å². The van der Waals surface area contributed by atoms with E-state index in [0.29, 0.717) is 5.02 Å². The van der Waals surface area contributed by atoms with E-state index in [2.05, 4.69) is 16.8 Å². The predicted octanol–water partition coefficient (Wildman–Crippen LogP) is 1.33. The Labute approximate surface area is 93.1 Å². The van der Waals surface area contributed by atoms with Crippen LogP contribution in [0.3, 0.4) is 0 Å². The molecule has 3 N–H and O–H groups in total. The van der Waals surface area contributed by atoms with Gasteiger partial charge < -0.3 is 0 Å². The number of thioether (sulfide) groups is 1. The van der Waals surface area contributed by atoms with Crippen LogP contribution in [0.5, 0.6) is 0 Å². The summed E-state index contributed by atoms with van der Waals surface area (Å²) in [6.45, 7) is 0. The molecule has 1 atom stereocenters. The molecule has 0 aliphatic heterocycles. The highest BCUT2D eigenvalue weighted by Gasteiger charge is 2.16. The largest absolute Gasteiger partial charge is 0.271 e. The third-order valence-electron chi connectivity index (χ3n) is 2.08. The van der Waals surface area contributed by atoms with E-state index in [0.717, 1.165) is 17.9 Å². The van der Waals surface area contributed by atoms with E-state index in [4.69, 9.17) is 17.4 Å². The second kappa shape index (κ2) is 5.60. The fourth-order valence-corrected chi connectivity index (χ4v) is 2.12. The lowest BCUT2D eigenvalue weighted by Crippen LogP contribution is -2.30. The molecule has 0 radical (unpaired) electrons. The van der Waals surface area contributed by atoms with Crippen molar-refractivity contribution in [2.75, 3.05) is 12.0 Å². The molecule has 0 aliphatic carbocycles. The summed E-state index contributed by atoms with van der Waals surface area (Å²) in [7, 11) is 1.87. The fraction of sp³-hybridized carbons (Fsp3) is 0.625. The summed E-state index contributed by atoms with van der Waals surface area (Å²) in [5.41, 5.74) is 3.71. The molecule has 0 spiro atoms. The Morgan fingerprint density at radius 2 is 2.50 bits per heavy atom.